The zero-order chi connectivity index (χ0) is 23.4. The molecule has 6 nitrogen and oxygen atoms in total. The second-order valence-corrected chi connectivity index (χ2v) is 11.4. The van der Waals surface area contributed by atoms with E-state index in [1.165, 1.54) is 17.0 Å². The zero-order valence-electron chi connectivity index (χ0n) is 18.7. The number of carbonyl (C=O) groups excluding carboxylic acids is 2. The molecule has 0 spiro atoms. The molecule has 0 radical (unpaired) electrons. The van der Waals surface area contributed by atoms with Gasteiger partial charge in [0.05, 0.1) is 23.4 Å². The van der Waals surface area contributed by atoms with Gasteiger partial charge in [0.15, 0.2) is 0 Å². The predicted molar refractivity (Wildman–Crippen MR) is 121 cm³/mol. The summed E-state index contributed by atoms with van der Waals surface area (Å²) in [6, 6.07) is 9.40. The summed E-state index contributed by atoms with van der Waals surface area (Å²) < 4.78 is 36.8. The van der Waals surface area contributed by atoms with Gasteiger partial charge in [-0.3, -0.25) is 14.5 Å². The maximum absolute atomic E-state index is 14.4. The van der Waals surface area contributed by atoms with E-state index < -0.39 is 27.5 Å². The van der Waals surface area contributed by atoms with Gasteiger partial charge >= 0.3 is 0 Å². The zero-order valence-corrected chi connectivity index (χ0v) is 19.5. The fraction of sp³-hybridized carbons (Fsp3) is 0.375. The van der Waals surface area contributed by atoms with Crippen LogP contribution < -0.4 is 4.74 Å². The Labute approximate surface area is 189 Å². The topological polar surface area (TPSA) is 82.0 Å². The minimum atomic E-state index is -1.51. The molecule has 0 saturated carbocycles. The van der Waals surface area contributed by atoms with Gasteiger partial charge in [-0.1, -0.05) is 16.5 Å². The highest BCUT2D eigenvalue weighted by Crippen LogP contribution is 2.40. The van der Waals surface area contributed by atoms with Crippen LogP contribution in [-0.2, 0) is 17.8 Å². The lowest BCUT2D eigenvalue weighted by molar-refractivity contribution is 0.0419. The van der Waals surface area contributed by atoms with E-state index in [0.29, 0.717) is 40.1 Å². The number of halogens is 1. The Hall–Kier alpha value is -2.71. The third-order valence-corrected chi connectivity index (χ3v) is 7.04. The monoisotopic (exact) mass is 456 g/mol. The fourth-order valence-electron chi connectivity index (χ4n) is 3.97. The lowest BCUT2D eigenvalue weighted by atomic mass is 9.97. The summed E-state index contributed by atoms with van der Waals surface area (Å²) in [7, 11) is 0. The maximum Gasteiger partial charge on any atom is 0.261 e. The van der Waals surface area contributed by atoms with Crippen molar-refractivity contribution in [2.75, 3.05) is 6.54 Å². The van der Waals surface area contributed by atoms with Crippen LogP contribution in [-0.4, -0.2) is 43.9 Å². The van der Waals surface area contributed by atoms with E-state index in [4.69, 9.17) is 4.74 Å². The average molecular weight is 457 g/mol. The lowest BCUT2D eigenvalue weighted by Gasteiger charge is -2.28. The molecular formula is C24H25FN2O4S. The number of nitrogens with zero attached hydrogens (tertiary/aromatic N) is 2. The van der Waals surface area contributed by atoms with Crippen LogP contribution in [0.4, 0.5) is 4.39 Å². The molecule has 0 aromatic heterocycles. The molecule has 8 heteroatoms. The SMILES string of the molecule is CC(=N[S+]([O-])C(C)(C)C)c1cc(F)cc2c1O[C@@](C)(CN1C(=O)c3ccccc3C1=O)C2. The average Bonchev–Trinajstić information content (AvgIpc) is 3.16. The molecule has 2 aliphatic heterocycles. The van der Waals surface area contributed by atoms with Crippen LogP contribution in [0.15, 0.2) is 40.8 Å². The summed E-state index contributed by atoms with van der Waals surface area (Å²) >= 11 is -1.51. The number of carbonyl (C=O) groups is 2. The molecule has 2 aliphatic rings. The van der Waals surface area contributed by atoms with Crippen LogP contribution in [0.2, 0.25) is 0 Å². The number of benzene rings is 2. The minimum Gasteiger partial charge on any atom is -0.591 e. The van der Waals surface area contributed by atoms with Gasteiger partial charge in [-0.25, -0.2) is 4.39 Å². The molecule has 0 saturated heterocycles. The standard InChI is InChI=1S/C24H25FN2O4S/c1-14(26-32(30)23(2,3)4)19-11-16(25)10-15-12-24(5,31-20(15)19)13-27-21(28)17-8-6-7-9-18(17)22(27)29/h6-11H,12-13H2,1-5H3/t24-,32?/m1/s1. The van der Waals surface area contributed by atoms with E-state index >= 15 is 0 Å². The largest absolute Gasteiger partial charge is 0.591 e. The van der Waals surface area contributed by atoms with Gasteiger partial charge in [-0.05, 0) is 58.9 Å². The first-order chi connectivity index (χ1) is 14.9. The van der Waals surface area contributed by atoms with Crippen LogP contribution in [0.1, 0.15) is 66.5 Å². The highest BCUT2D eigenvalue weighted by Gasteiger charge is 2.44. The number of amides is 2. The van der Waals surface area contributed by atoms with Crippen molar-refractivity contribution in [3.05, 3.63) is 64.5 Å². The number of imide groups is 1. The first kappa shape index (κ1) is 22.5. The van der Waals surface area contributed by atoms with E-state index in [9.17, 15) is 18.5 Å². The van der Waals surface area contributed by atoms with E-state index in [0.717, 1.165) is 0 Å². The first-order valence-electron chi connectivity index (χ1n) is 10.3. The molecule has 168 valence electrons. The van der Waals surface area contributed by atoms with Gasteiger partial charge in [0, 0.05) is 17.5 Å². The smallest absolute Gasteiger partial charge is 0.261 e. The third kappa shape index (κ3) is 3.93. The molecule has 2 amide bonds. The van der Waals surface area contributed by atoms with Gasteiger partial charge in [0.1, 0.15) is 33.3 Å². The van der Waals surface area contributed by atoms with Gasteiger partial charge < -0.3 is 9.29 Å². The summed E-state index contributed by atoms with van der Waals surface area (Å²) in [5.41, 5.74) is 1.26. The van der Waals surface area contributed by atoms with Crippen LogP contribution in [0.5, 0.6) is 5.75 Å². The van der Waals surface area contributed by atoms with E-state index in [2.05, 4.69) is 4.40 Å². The molecule has 2 aromatic carbocycles. The van der Waals surface area contributed by atoms with Crippen LogP contribution >= 0.6 is 0 Å². The number of fused-ring (bicyclic) bond motifs is 2. The van der Waals surface area contributed by atoms with Crippen molar-refractivity contribution < 1.29 is 23.3 Å². The molecule has 0 bridgehead atoms. The van der Waals surface area contributed by atoms with Crippen molar-refractivity contribution in [2.24, 2.45) is 4.40 Å². The van der Waals surface area contributed by atoms with E-state index in [1.54, 1.807) is 38.1 Å². The second kappa shape index (κ2) is 7.71. The lowest BCUT2D eigenvalue weighted by Crippen LogP contribution is -2.46. The molecular weight excluding hydrogens is 431 g/mol. The van der Waals surface area contributed by atoms with Crippen LogP contribution in [0.25, 0.3) is 0 Å². The Kier molecular flexibility index (Phi) is 5.41. The molecule has 2 heterocycles. The summed E-state index contributed by atoms with van der Waals surface area (Å²) in [4.78, 5) is 26.8. The van der Waals surface area contributed by atoms with Gasteiger partial charge in [0.2, 0.25) is 0 Å². The van der Waals surface area contributed by atoms with Crippen molar-refractivity contribution in [2.45, 2.75) is 51.4 Å². The highest BCUT2D eigenvalue weighted by atomic mass is 32.2. The molecule has 32 heavy (non-hydrogen) atoms. The highest BCUT2D eigenvalue weighted by molar-refractivity contribution is 7.91. The van der Waals surface area contributed by atoms with Crippen LogP contribution in [0, 0.1) is 5.82 Å². The molecule has 0 N–H and O–H groups in total. The molecule has 2 aromatic rings. The maximum atomic E-state index is 14.4. The van der Waals surface area contributed by atoms with Gasteiger partial charge in [-0.15, -0.1) is 0 Å². The molecule has 4 rings (SSSR count). The van der Waals surface area contributed by atoms with Crippen LogP contribution in [0.3, 0.4) is 0 Å². The van der Waals surface area contributed by atoms with E-state index in [-0.39, 0.29) is 18.4 Å². The Morgan fingerprint density at radius 1 is 1.22 bits per heavy atom. The number of rotatable bonds is 4. The quantitative estimate of drug-likeness (QED) is 0.394. The Morgan fingerprint density at radius 3 is 2.38 bits per heavy atom. The summed E-state index contributed by atoms with van der Waals surface area (Å²) in [5.74, 6) is -0.742. The fourth-order valence-corrected chi connectivity index (χ4v) is 4.59. The summed E-state index contributed by atoms with van der Waals surface area (Å²) in [5, 5.41) is 0. The Morgan fingerprint density at radius 2 is 1.81 bits per heavy atom. The van der Waals surface area contributed by atoms with Gasteiger partial charge in [-0.2, -0.15) is 0 Å². The molecule has 0 aliphatic carbocycles. The number of hydrogen-bond acceptors (Lipinski definition) is 5. The second-order valence-electron chi connectivity index (χ2n) is 9.45. The minimum absolute atomic E-state index is 0.0270. The third-order valence-electron chi connectivity index (χ3n) is 5.55. The Balaban J connectivity index is 1.63. The van der Waals surface area contributed by atoms with Crippen molar-refractivity contribution in [3.8, 4) is 5.75 Å². The first-order valence-corrected chi connectivity index (χ1v) is 11.4. The van der Waals surface area contributed by atoms with Crippen molar-refractivity contribution in [1.82, 2.24) is 4.90 Å². The summed E-state index contributed by atoms with van der Waals surface area (Å²) in [6.45, 7) is 8.92. The molecule has 0 fully saturated rings. The Bertz CT molecular complexity index is 1120. The van der Waals surface area contributed by atoms with Gasteiger partial charge in [0.25, 0.3) is 11.8 Å². The number of hydrogen-bond donors (Lipinski definition) is 0. The van der Waals surface area contributed by atoms with Crippen molar-refractivity contribution in [3.63, 3.8) is 0 Å². The van der Waals surface area contributed by atoms with Crippen molar-refractivity contribution in [1.29, 1.82) is 0 Å². The normalized spacial score (nSPS) is 21.5. The van der Waals surface area contributed by atoms with Crippen molar-refractivity contribution >= 4 is 28.9 Å². The van der Waals surface area contributed by atoms with E-state index in [1.807, 2.05) is 20.8 Å². The molecule has 2 atom stereocenters. The molecule has 1 unspecified atom stereocenters. The summed E-state index contributed by atoms with van der Waals surface area (Å²) in [6.07, 6.45) is 0.316. The number of ether oxygens (including phenoxy) is 1. The predicted octanol–water partition coefficient (Wildman–Crippen LogP) is 4.09.